The van der Waals surface area contributed by atoms with Gasteiger partial charge in [-0.25, -0.2) is 9.37 Å². The molecule has 0 aliphatic heterocycles. The lowest BCUT2D eigenvalue weighted by molar-refractivity contribution is 0.628. The van der Waals surface area contributed by atoms with Crippen LogP contribution >= 0.6 is 0 Å². The quantitative estimate of drug-likeness (QED) is 0.565. The molecule has 1 aromatic carbocycles. The van der Waals surface area contributed by atoms with E-state index in [1.165, 1.54) is 12.1 Å². The molecule has 3 heterocycles. The first-order chi connectivity index (χ1) is 11.8. The average Bonchev–Trinajstić information content (AvgIpc) is 2.97. The van der Waals surface area contributed by atoms with Crippen molar-refractivity contribution in [2.24, 2.45) is 0 Å². The third kappa shape index (κ3) is 2.25. The fraction of sp³-hybridized carbons (Fsp3) is 0.105. The van der Waals surface area contributed by atoms with Crippen LogP contribution in [-0.4, -0.2) is 19.5 Å². The second-order valence-electron chi connectivity index (χ2n) is 5.44. The highest BCUT2D eigenvalue weighted by Gasteiger charge is 2.21. The fourth-order valence-electron chi connectivity index (χ4n) is 3.07. The third-order valence-electron chi connectivity index (χ3n) is 4.08. The maximum absolute atomic E-state index is 13.4. The zero-order chi connectivity index (χ0) is 16.5. The molecule has 0 aliphatic rings. The van der Waals surface area contributed by atoms with Crippen LogP contribution in [0, 0.1) is 5.82 Å². The van der Waals surface area contributed by atoms with Gasteiger partial charge in [0.25, 0.3) is 0 Å². The maximum Gasteiger partial charge on any atom is 0.159 e. The lowest BCUT2D eigenvalue weighted by Gasteiger charge is -2.10. The number of hydrogen-bond donors (Lipinski definition) is 0. The Kier molecular flexibility index (Phi) is 3.54. The Balaban J connectivity index is 2.12. The first kappa shape index (κ1) is 14.5. The minimum Gasteiger partial charge on any atom is -0.324 e. The van der Waals surface area contributed by atoms with Crippen molar-refractivity contribution < 1.29 is 4.39 Å². The first-order valence-electron chi connectivity index (χ1n) is 7.79. The Morgan fingerprint density at radius 1 is 0.875 bits per heavy atom. The van der Waals surface area contributed by atoms with Crippen molar-refractivity contribution in [1.29, 1.82) is 0 Å². The summed E-state index contributed by atoms with van der Waals surface area (Å²) < 4.78 is 15.5. The molecule has 0 aliphatic carbocycles. The average molecular weight is 318 g/mol. The van der Waals surface area contributed by atoms with E-state index >= 15 is 0 Å². The minimum atomic E-state index is -0.255. The minimum absolute atomic E-state index is 0.255. The van der Waals surface area contributed by atoms with Gasteiger partial charge < -0.3 is 4.57 Å². The monoisotopic (exact) mass is 318 g/mol. The predicted octanol–water partition coefficient (Wildman–Crippen LogP) is 4.32. The van der Waals surface area contributed by atoms with Crippen LogP contribution in [0.2, 0.25) is 0 Å². The van der Waals surface area contributed by atoms with Gasteiger partial charge in [0, 0.05) is 42.5 Å². The molecule has 0 amide bonds. The van der Waals surface area contributed by atoms with Gasteiger partial charge in [-0.1, -0.05) is 12.1 Å². The van der Waals surface area contributed by atoms with Crippen LogP contribution < -0.4 is 0 Å². The molecule has 0 atom stereocenters. The smallest absolute Gasteiger partial charge is 0.159 e. The molecule has 0 radical (unpaired) electrons. The standard InChI is InChI=1S/C19H15FN4/c1-2-24-18(14-7-9-21-10-8-14)16(13-3-5-15(20)6-4-13)17-19(24)23-12-11-22-17/h3-12H,2H2,1H3. The van der Waals surface area contributed by atoms with E-state index in [2.05, 4.69) is 26.4 Å². The molecule has 4 rings (SSSR count). The number of pyridine rings is 1. The summed E-state index contributed by atoms with van der Waals surface area (Å²) in [5, 5.41) is 0. The molecule has 0 N–H and O–H groups in total. The fourth-order valence-corrected chi connectivity index (χ4v) is 3.07. The number of hydrogen-bond acceptors (Lipinski definition) is 3. The Hall–Kier alpha value is -3.08. The molecule has 0 unspecified atom stereocenters. The van der Waals surface area contributed by atoms with Crippen molar-refractivity contribution >= 4 is 11.2 Å². The van der Waals surface area contributed by atoms with Gasteiger partial charge in [0.2, 0.25) is 0 Å². The van der Waals surface area contributed by atoms with Crippen molar-refractivity contribution in [3.05, 3.63) is 67.0 Å². The van der Waals surface area contributed by atoms with E-state index < -0.39 is 0 Å². The summed E-state index contributed by atoms with van der Waals surface area (Å²) in [7, 11) is 0. The topological polar surface area (TPSA) is 43.6 Å². The molecule has 0 fully saturated rings. The number of benzene rings is 1. The zero-order valence-electron chi connectivity index (χ0n) is 13.1. The van der Waals surface area contributed by atoms with Crippen LogP contribution in [0.15, 0.2) is 61.2 Å². The van der Waals surface area contributed by atoms with Crippen LogP contribution in [0.5, 0.6) is 0 Å². The second kappa shape index (κ2) is 5.85. The summed E-state index contributed by atoms with van der Waals surface area (Å²) in [5.41, 5.74) is 5.58. The van der Waals surface area contributed by atoms with E-state index in [0.717, 1.165) is 40.1 Å². The Morgan fingerprint density at radius 3 is 2.29 bits per heavy atom. The van der Waals surface area contributed by atoms with Crippen LogP contribution in [0.25, 0.3) is 33.5 Å². The summed E-state index contributed by atoms with van der Waals surface area (Å²) >= 11 is 0. The predicted molar refractivity (Wildman–Crippen MR) is 91.8 cm³/mol. The molecular formula is C19H15FN4. The van der Waals surface area contributed by atoms with Crippen molar-refractivity contribution in [3.63, 3.8) is 0 Å². The number of nitrogens with zero attached hydrogens (tertiary/aromatic N) is 4. The third-order valence-corrected chi connectivity index (χ3v) is 4.08. The summed E-state index contributed by atoms with van der Waals surface area (Å²) in [6.45, 7) is 2.83. The first-order valence-corrected chi connectivity index (χ1v) is 7.79. The van der Waals surface area contributed by atoms with Gasteiger partial charge in [0.1, 0.15) is 11.3 Å². The largest absolute Gasteiger partial charge is 0.324 e. The zero-order valence-corrected chi connectivity index (χ0v) is 13.1. The van der Waals surface area contributed by atoms with Gasteiger partial charge in [-0.3, -0.25) is 9.97 Å². The van der Waals surface area contributed by atoms with E-state index in [9.17, 15) is 4.39 Å². The number of rotatable bonds is 3. The number of halogens is 1. The second-order valence-corrected chi connectivity index (χ2v) is 5.44. The van der Waals surface area contributed by atoms with Gasteiger partial charge in [0.05, 0.1) is 5.69 Å². The Bertz CT molecular complexity index is 991. The van der Waals surface area contributed by atoms with Crippen LogP contribution in [0.4, 0.5) is 4.39 Å². The lowest BCUT2D eigenvalue weighted by atomic mass is 10.0. The van der Waals surface area contributed by atoms with E-state index in [4.69, 9.17) is 0 Å². The number of aryl methyl sites for hydroxylation is 1. The highest BCUT2D eigenvalue weighted by atomic mass is 19.1. The highest BCUT2D eigenvalue weighted by Crippen LogP contribution is 2.39. The number of aromatic nitrogens is 4. The summed E-state index contributed by atoms with van der Waals surface area (Å²) in [4.78, 5) is 13.2. The van der Waals surface area contributed by atoms with Crippen molar-refractivity contribution in [3.8, 4) is 22.4 Å². The van der Waals surface area contributed by atoms with Crippen molar-refractivity contribution in [1.82, 2.24) is 19.5 Å². The van der Waals surface area contributed by atoms with Crippen LogP contribution in [-0.2, 0) is 6.54 Å². The maximum atomic E-state index is 13.4. The van der Waals surface area contributed by atoms with Gasteiger partial charge >= 0.3 is 0 Å². The molecule has 118 valence electrons. The van der Waals surface area contributed by atoms with Crippen molar-refractivity contribution in [2.75, 3.05) is 0 Å². The Morgan fingerprint density at radius 2 is 1.58 bits per heavy atom. The molecule has 0 spiro atoms. The van der Waals surface area contributed by atoms with E-state index in [0.29, 0.717) is 0 Å². The van der Waals surface area contributed by atoms with E-state index in [1.54, 1.807) is 36.9 Å². The van der Waals surface area contributed by atoms with Gasteiger partial charge in [-0.15, -0.1) is 0 Å². The molecule has 3 aromatic heterocycles. The highest BCUT2D eigenvalue weighted by molar-refractivity contribution is 6.00. The van der Waals surface area contributed by atoms with Crippen molar-refractivity contribution in [2.45, 2.75) is 13.5 Å². The van der Waals surface area contributed by atoms with Crippen LogP contribution in [0.3, 0.4) is 0 Å². The molecule has 0 saturated heterocycles. The van der Waals surface area contributed by atoms with Gasteiger partial charge in [-0.05, 0) is 36.8 Å². The molecule has 4 aromatic rings. The molecular weight excluding hydrogens is 303 g/mol. The normalized spacial score (nSPS) is 11.1. The van der Waals surface area contributed by atoms with Crippen LogP contribution in [0.1, 0.15) is 6.92 Å². The molecule has 4 nitrogen and oxygen atoms in total. The molecule has 0 saturated carbocycles. The summed E-state index contributed by atoms with van der Waals surface area (Å²) in [6.07, 6.45) is 6.91. The van der Waals surface area contributed by atoms with Gasteiger partial charge in [0.15, 0.2) is 5.65 Å². The molecule has 24 heavy (non-hydrogen) atoms. The lowest BCUT2D eigenvalue weighted by Crippen LogP contribution is -1.98. The summed E-state index contributed by atoms with van der Waals surface area (Å²) in [6, 6.07) is 10.4. The SMILES string of the molecule is CCn1c(-c2ccncc2)c(-c2ccc(F)cc2)c2nccnc21. The molecule has 0 bridgehead atoms. The Labute approximate surface area is 138 Å². The van der Waals surface area contributed by atoms with E-state index in [1.807, 2.05) is 12.1 Å². The number of fused-ring (bicyclic) bond motifs is 1. The summed E-state index contributed by atoms with van der Waals surface area (Å²) in [5.74, 6) is -0.255. The molecule has 5 heteroatoms. The van der Waals surface area contributed by atoms with E-state index in [-0.39, 0.29) is 5.82 Å². The van der Waals surface area contributed by atoms with Gasteiger partial charge in [-0.2, -0.15) is 0 Å².